The Morgan fingerprint density at radius 3 is 2.81 bits per heavy atom. The summed E-state index contributed by atoms with van der Waals surface area (Å²) in [6, 6.07) is 6.26. The van der Waals surface area contributed by atoms with Gasteiger partial charge in [0.2, 0.25) is 0 Å². The number of aromatic amines is 1. The van der Waals surface area contributed by atoms with Crippen LogP contribution in [0.2, 0.25) is 0 Å². The smallest absolute Gasteiger partial charge is 0.340 e. The van der Waals surface area contributed by atoms with Crippen molar-refractivity contribution in [2.24, 2.45) is 0 Å². The second-order valence-electron chi connectivity index (χ2n) is 3.12. The van der Waals surface area contributed by atoms with Crippen molar-refractivity contribution in [1.82, 2.24) is 10.2 Å². The van der Waals surface area contributed by atoms with E-state index in [4.69, 9.17) is 5.11 Å². The van der Waals surface area contributed by atoms with Crippen LogP contribution in [0.1, 0.15) is 10.4 Å². The molecule has 0 aliphatic heterocycles. The summed E-state index contributed by atoms with van der Waals surface area (Å²) in [5.74, 6) is -1.02. The van der Waals surface area contributed by atoms with Crippen molar-refractivity contribution < 1.29 is 15.0 Å². The number of aromatic carboxylic acids is 1. The summed E-state index contributed by atoms with van der Waals surface area (Å²) in [4.78, 5) is 11.0. The van der Waals surface area contributed by atoms with Crippen LogP contribution < -0.4 is 0 Å². The topological polar surface area (TPSA) is 86.2 Å². The van der Waals surface area contributed by atoms with Gasteiger partial charge in [-0.2, -0.15) is 5.10 Å². The van der Waals surface area contributed by atoms with E-state index in [-0.39, 0.29) is 17.0 Å². The van der Waals surface area contributed by atoms with E-state index < -0.39 is 5.97 Å². The molecule has 0 amide bonds. The number of H-pyrrole nitrogens is 1. The minimum atomic E-state index is -1.08. The van der Waals surface area contributed by atoms with Crippen LogP contribution in [0.15, 0.2) is 28.9 Å². The van der Waals surface area contributed by atoms with Gasteiger partial charge in [0.15, 0.2) is 0 Å². The van der Waals surface area contributed by atoms with Crippen LogP contribution in [0.25, 0.3) is 11.3 Å². The predicted molar refractivity (Wildman–Crippen MR) is 60.3 cm³/mol. The molecule has 0 radical (unpaired) electrons. The average Bonchev–Trinajstić information content (AvgIpc) is 2.60. The molecule has 0 bridgehead atoms. The monoisotopic (exact) mass is 282 g/mol. The highest BCUT2D eigenvalue weighted by molar-refractivity contribution is 9.10. The fourth-order valence-electron chi connectivity index (χ4n) is 1.38. The number of phenols is 1. The van der Waals surface area contributed by atoms with E-state index in [1.54, 1.807) is 12.1 Å². The summed E-state index contributed by atoms with van der Waals surface area (Å²) in [7, 11) is 0. The quantitative estimate of drug-likeness (QED) is 0.789. The molecule has 0 fully saturated rings. The van der Waals surface area contributed by atoms with Gasteiger partial charge in [-0.15, -0.1) is 0 Å². The van der Waals surface area contributed by atoms with Crippen LogP contribution in [0.4, 0.5) is 0 Å². The lowest BCUT2D eigenvalue weighted by atomic mass is 10.1. The van der Waals surface area contributed by atoms with Gasteiger partial charge in [0.25, 0.3) is 0 Å². The maximum atomic E-state index is 11.0. The molecular formula is C10H7BrN2O3. The van der Waals surface area contributed by atoms with E-state index in [9.17, 15) is 9.90 Å². The molecule has 0 saturated heterocycles. The summed E-state index contributed by atoms with van der Waals surface area (Å²) >= 11 is 3.07. The van der Waals surface area contributed by atoms with Gasteiger partial charge in [-0.25, -0.2) is 4.79 Å². The third-order valence-electron chi connectivity index (χ3n) is 2.06. The van der Waals surface area contributed by atoms with Gasteiger partial charge in [0.05, 0.1) is 0 Å². The third-order valence-corrected chi connectivity index (χ3v) is 2.63. The van der Waals surface area contributed by atoms with Crippen molar-refractivity contribution >= 4 is 21.9 Å². The van der Waals surface area contributed by atoms with E-state index in [0.29, 0.717) is 10.2 Å². The number of nitrogens with one attached hydrogen (secondary N) is 1. The molecule has 1 heterocycles. The van der Waals surface area contributed by atoms with E-state index >= 15 is 0 Å². The number of hydrogen-bond donors (Lipinski definition) is 3. The Labute approximate surface area is 98.9 Å². The van der Waals surface area contributed by atoms with Crippen LogP contribution in [0, 0.1) is 0 Å². The molecule has 0 saturated carbocycles. The Morgan fingerprint density at radius 2 is 2.19 bits per heavy atom. The van der Waals surface area contributed by atoms with E-state index in [1.807, 2.05) is 0 Å². The van der Waals surface area contributed by atoms with E-state index in [2.05, 4.69) is 26.1 Å². The average molecular weight is 283 g/mol. The molecule has 1 aromatic heterocycles. The van der Waals surface area contributed by atoms with E-state index in [0.717, 1.165) is 0 Å². The van der Waals surface area contributed by atoms with Gasteiger partial charge in [0.1, 0.15) is 21.6 Å². The number of carboxylic acids is 1. The summed E-state index contributed by atoms with van der Waals surface area (Å²) in [5.41, 5.74) is 0.875. The van der Waals surface area contributed by atoms with Gasteiger partial charge in [-0.3, -0.25) is 5.10 Å². The van der Waals surface area contributed by atoms with Crippen LogP contribution in [-0.4, -0.2) is 26.4 Å². The Kier molecular flexibility index (Phi) is 2.66. The lowest BCUT2D eigenvalue weighted by Crippen LogP contribution is -1.97. The number of aromatic nitrogens is 2. The fourth-order valence-corrected chi connectivity index (χ4v) is 1.82. The molecule has 82 valence electrons. The summed E-state index contributed by atoms with van der Waals surface area (Å²) in [6.45, 7) is 0. The van der Waals surface area contributed by atoms with Crippen molar-refractivity contribution in [3.8, 4) is 17.0 Å². The number of nitrogens with zero attached hydrogens (tertiary/aromatic N) is 1. The normalized spacial score (nSPS) is 10.3. The predicted octanol–water partition coefficient (Wildman–Crippen LogP) is 2.24. The minimum Gasteiger partial charge on any atom is -0.508 e. The Bertz CT molecular complexity index is 551. The van der Waals surface area contributed by atoms with Crippen LogP contribution >= 0.6 is 15.9 Å². The number of carboxylic acid groups (broad SMARTS) is 1. The first-order valence-corrected chi connectivity index (χ1v) is 5.15. The number of halogens is 1. The molecule has 5 nitrogen and oxygen atoms in total. The summed E-state index contributed by atoms with van der Waals surface area (Å²) in [5, 5.41) is 24.8. The SMILES string of the molecule is O=C(O)c1c(-c2cccc(O)c2)n[nH]c1Br. The number of rotatable bonds is 2. The molecule has 0 unspecified atom stereocenters. The molecule has 16 heavy (non-hydrogen) atoms. The standard InChI is InChI=1S/C10H7BrN2O3/c11-9-7(10(15)16)8(12-13-9)5-2-1-3-6(14)4-5/h1-4,14H,(H,12,13)(H,15,16). The first-order chi connectivity index (χ1) is 7.59. The first-order valence-electron chi connectivity index (χ1n) is 4.36. The Balaban J connectivity index is 2.60. The second kappa shape index (κ2) is 3.97. The van der Waals surface area contributed by atoms with Crippen LogP contribution in [-0.2, 0) is 0 Å². The summed E-state index contributed by atoms with van der Waals surface area (Å²) < 4.78 is 0.304. The largest absolute Gasteiger partial charge is 0.508 e. The summed E-state index contributed by atoms with van der Waals surface area (Å²) in [6.07, 6.45) is 0. The first kappa shape index (κ1) is 10.7. The molecule has 0 atom stereocenters. The third kappa shape index (κ3) is 1.79. The Morgan fingerprint density at radius 1 is 1.44 bits per heavy atom. The lowest BCUT2D eigenvalue weighted by Gasteiger charge is -1.99. The number of hydrogen-bond acceptors (Lipinski definition) is 3. The van der Waals surface area contributed by atoms with Crippen molar-refractivity contribution in [1.29, 1.82) is 0 Å². The maximum Gasteiger partial charge on any atom is 0.340 e. The van der Waals surface area contributed by atoms with Crippen molar-refractivity contribution in [2.45, 2.75) is 0 Å². The highest BCUT2D eigenvalue weighted by Crippen LogP contribution is 2.28. The molecule has 0 aliphatic rings. The fraction of sp³-hybridized carbons (Fsp3) is 0. The molecular weight excluding hydrogens is 276 g/mol. The number of carbonyl (C=O) groups is 1. The number of aromatic hydroxyl groups is 1. The van der Waals surface area contributed by atoms with Crippen molar-refractivity contribution in [3.05, 3.63) is 34.4 Å². The van der Waals surface area contributed by atoms with Crippen molar-refractivity contribution in [3.63, 3.8) is 0 Å². The molecule has 3 N–H and O–H groups in total. The highest BCUT2D eigenvalue weighted by Gasteiger charge is 2.19. The van der Waals surface area contributed by atoms with Crippen molar-refractivity contribution in [2.75, 3.05) is 0 Å². The maximum absolute atomic E-state index is 11.0. The molecule has 1 aromatic carbocycles. The molecule has 0 aliphatic carbocycles. The second-order valence-corrected chi connectivity index (χ2v) is 3.91. The number of phenolic OH excluding ortho intramolecular Hbond substituents is 1. The van der Waals surface area contributed by atoms with Gasteiger partial charge in [-0.05, 0) is 28.1 Å². The number of benzene rings is 1. The van der Waals surface area contributed by atoms with E-state index in [1.165, 1.54) is 12.1 Å². The van der Waals surface area contributed by atoms with Gasteiger partial charge >= 0.3 is 5.97 Å². The molecule has 2 rings (SSSR count). The molecule has 6 heteroatoms. The van der Waals surface area contributed by atoms with Crippen LogP contribution in [0.3, 0.4) is 0 Å². The van der Waals surface area contributed by atoms with Gasteiger partial charge < -0.3 is 10.2 Å². The van der Waals surface area contributed by atoms with Gasteiger partial charge in [-0.1, -0.05) is 12.1 Å². The zero-order valence-corrected chi connectivity index (χ0v) is 9.52. The Hall–Kier alpha value is -1.82. The highest BCUT2D eigenvalue weighted by atomic mass is 79.9. The zero-order valence-electron chi connectivity index (χ0n) is 7.94. The minimum absolute atomic E-state index is 0.0469. The molecule has 2 aromatic rings. The zero-order chi connectivity index (χ0) is 11.7. The lowest BCUT2D eigenvalue weighted by molar-refractivity contribution is 0.0697. The molecule has 0 spiro atoms. The van der Waals surface area contributed by atoms with Gasteiger partial charge in [0, 0.05) is 5.56 Å². The van der Waals surface area contributed by atoms with Crippen LogP contribution in [0.5, 0.6) is 5.75 Å².